The maximum atomic E-state index is 13.4. The van der Waals surface area contributed by atoms with Gasteiger partial charge in [-0.1, -0.05) is 20.8 Å². The van der Waals surface area contributed by atoms with Gasteiger partial charge < -0.3 is 44.2 Å². The van der Waals surface area contributed by atoms with Crippen LogP contribution in [0.3, 0.4) is 0 Å². The van der Waals surface area contributed by atoms with Gasteiger partial charge in [-0.2, -0.15) is 0 Å². The monoisotopic (exact) mass is 673 g/mol. The molecule has 1 fully saturated rings. The third-order valence-electron chi connectivity index (χ3n) is 7.63. The molecule has 2 atom stereocenters. The minimum absolute atomic E-state index is 0.0474. The Morgan fingerprint density at radius 1 is 1.02 bits per heavy atom. The zero-order valence-corrected chi connectivity index (χ0v) is 29.2. The van der Waals surface area contributed by atoms with Crippen molar-refractivity contribution >= 4 is 54.6 Å². The molecule has 0 saturated carbocycles. The summed E-state index contributed by atoms with van der Waals surface area (Å²) >= 11 is 1.29. The summed E-state index contributed by atoms with van der Waals surface area (Å²) in [4.78, 5) is 68.7. The van der Waals surface area contributed by atoms with Gasteiger partial charge in [-0.05, 0) is 31.0 Å². The number of esters is 2. The van der Waals surface area contributed by atoms with E-state index >= 15 is 0 Å². The number of anilines is 1. The van der Waals surface area contributed by atoms with Crippen molar-refractivity contribution in [2.45, 2.75) is 76.8 Å². The topological polar surface area (TPSA) is 184 Å². The Bertz CT molecular complexity index is 1170. The molecular formula is C28H47N5O10SSi. The fourth-order valence-electron chi connectivity index (χ4n) is 3.86. The van der Waals surface area contributed by atoms with Crippen LogP contribution in [-0.2, 0) is 37.8 Å². The molecule has 3 N–H and O–H groups in total. The van der Waals surface area contributed by atoms with Gasteiger partial charge in [-0.15, -0.1) is 11.3 Å². The molecule has 0 aliphatic carbocycles. The van der Waals surface area contributed by atoms with Crippen LogP contribution in [0.15, 0.2) is 5.38 Å². The van der Waals surface area contributed by atoms with Crippen molar-refractivity contribution in [2.24, 2.45) is 0 Å². The lowest BCUT2D eigenvalue weighted by atomic mass is 10.1. The number of nitrogens with zero attached hydrogens (tertiary/aromatic N) is 2. The molecule has 45 heavy (non-hydrogen) atoms. The summed E-state index contributed by atoms with van der Waals surface area (Å²) in [6.07, 6.45) is 0.851. The second-order valence-corrected chi connectivity index (χ2v) is 17.7. The number of piperidine rings is 1. The van der Waals surface area contributed by atoms with E-state index in [1.807, 2.05) is 38.8 Å². The predicted molar refractivity (Wildman–Crippen MR) is 169 cm³/mol. The van der Waals surface area contributed by atoms with Crippen LogP contribution in [0.2, 0.25) is 18.1 Å². The number of amides is 3. The lowest BCUT2D eigenvalue weighted by Crippen LogP contribution is -2.56. The molecule has 0 aromatic carbocycles. The average Bonchev–Trinajstić information content (AvgIpc) is 3.47. The average molecular weight is 674 g/mol. The first kappa shape index (κ1) is 37.9. The highest BCUT2D eigenvalue weighted by Gasteiger charge is 2.39. The number of ether oxygens (including phenoxy) is 4. The standard InChI is InChI=1S/C28H47N5O10SSi/c1-18(34)42-15-21(25(37)40-6)31-23(35)20(16-43-45(7,8)28(2,3)4)30-24(36)22-17-44-26(32-22)33-11-9-19(10-12-33)29-27(38)41-14-13-39-5/h17,19-21H,9-16H2,1-8H3,(H,29,38)(H,30,36)(H,31,35). The van der Waals surface area contributed by atoms with Crippen LogP contribution < -0.4 is 20.9 Å². The SMILES string of the molecule is COCCOC(=O)NC1CCN(c2nc(C(=O)NC(CO[Si](C)(C)C(C)(C)C)C(=O)NC(COC(C)=O)C(=O)OC)cs2)CC1. The van der Waals surface area contributed by atoms with E-state index in [4.69, 9.17) is 23.4 Å². The Morgan fingerprint density at radius 3 is 2.27 bits per heavy atom. The number of thiazole rings is 1. The molecule has 2 heterocycles. The van der Waals surface area contributed by atoms with Crippen molar-refractivity contribution in [3.63, 3.8) is 0 Å². The van der Waals surface area contributed by atoms with E-state index in [-0.39, 0.29) is 30.0 Å². The zero-order chi connectivity index (χ0) is 33.8. The highest BCUT2D eigenvalue weighted by atomic mass is 32.1. The third kappa shape index (κ3) is 12.2. The molecule has 17 heteroatoms. The first-order chi connectivity index (χ1) is 21.1. The van der Waals surface area contributed by atoms with Gasteiger partial charge in [0.1, 0.15) is 24.9 Å². The zero-order valence-electron chi connectivity index (χ0n) is 27.4. The second kappa shape index (κ2) is 17.4. The van der Waals surface area contributed by atoms with Gasteiger partial charge >= 0.3 is 18.0 Å². The predicted octanol–water partition coefficient (Wildman–Crippen LogP) is 1.83. The molecule has 254 valence electrons. The van der Waals surface area contributed by atoms with Crippen molar-refractivity contribution in [2.75, 3.05) is 58.6 Å². The van der Waals surface area contributed by atoms with Crippen LogP contribution in [0.5, 0.6) is 0 Å². The minimum atomic E-state index is -2.34. The fraction of sp³-hybridized carbons (Fsp3) is 0.714. The van der Waals surface area contributed by atoms with Crippen LogP contribution in [0.25, 0.3) is 0 Å². The highest BCUT2D eigenvalue weighted by Crippen LogP contribution is 2.36. The summed E-state index contributed by atoms with van der Waals surface area (Å²) < 4.78 is 25.8. The number of carbonyl (C=O) groups is 5. The van der Waals surface area contributed by atoms with Gasteiger partial charge in [-0.25, -0.2) is 14.6 Å². The van der Waals surface area contributed by atoms with Gasteiger partial charge in [-0.3, -0.25) is 14.4 Å². The van der Waals surface area contributed by atoms with Crippen LogP contribution in [-0.4, -0.2) is 115 Å². The first-order valence-electron chi connectivity index (χ1n) is 14.7. The maximum Gasteiger partial charge on any atom is 0.407 e. The third-order valence-corrected chi connectivity index (χ3v) is 13.0. The van der Waals surface area contributed by atoms with Crippen molar-refractivity contribution in [3.8, 4) is 0 Å². The number of nitrogens with one attached hydrogen (secondary N) is 3. The number of methoxy groups -OCH3 is 2. The molecule has 0 bridgehead atoms. The summed E-state index contributed by atoms with van der Waals surface area (Å²) in [7, 11) is 0.337. The largest absolute Gasteiger partial charge is 0.467 e. The van der Waals surface area contributed by atoms with E-state index in [0.717, 1.165) is 7.11 Å². The van der Waals surface area contributed by atoms with E-state index in [1.165, 1.54) is 25.4 Å². The minimum Gasteiger partial charge on any atom is -0.467 e. The van der Waals surface area contributed by atoms with Gasteiger partial charge in [0.15, 0.2) is 19.5 Å². The van der Waals surface area contributed by atoms with Crippen molar-refractivity contribution in [1.29, 1.82) is 0 Å². The molecule has 1 saturated heterocycles. The lowest BCUT2D eigenvalue weighted by molar-refractivity contribution is -0.151. The summed E-state index contributed by atoms with van der Waals surface area (Å²) in [6, 6.07) is -2.52. The summed E-state index contributed by atoms with van der Waals surface area (Å²) in [5.41, 5.74) is 0.117. The van der Waals surface area contributed by atoms with Gasteiger partial charge in [0.05, 0.1) is 20.3 Å². The number of aromatic nitrogens is 1. The Morgan fingerprint density at radius 2 is 1.69 bits per heavy atom. The summed E-state index contributed by atoms with van der Waals surface area (Å²) in [6.45, 7) is 12.5. The number of hydrogen-bond donors (Lipinski definition) is 3. The Kier molecular flexibility index (Phi) is 14.7. The molecule has 15 nitrogen and oxygen atoms in total. The number of rotatable bonds is 15. The molecular weight excluding hydrogens is 626 g/mol. The van der Waals surface area contributed by atoms with E-state index in [0.29, 0.717) is 37.7 Å². The summed E-state index contributed by atoms with van der Waals surface area (Å²) in [5, 5.41) is 10.1. The van der Waals surface area contributed by atoms with E-state index in [1.54, 1.807) is 5.38 Å². The number of hydrogen-bond acceptors (Lipinski definition) is 13. The second-order valence-electron chi connectivity index (χ2n) is 12.0. The van der Waals surface area contributed by atoms with Crippen molar-refractivity contribution in [1.82, 2.24) is 20.9 Å². The van der Waals surface area contributed by atoms with Crippen LogP contribution in [0.1, 0.15) is 51.0 Å². The van der Waals surface area contributed by atoms with E-state index in [2.05, 4.69) is 20.9 Å². The fourth-order valence-corrected chi connectivity index (χ4v) is 5.74. The number of carbonyl (C=O) groups excluding carboxylic acids is 5. The molecule has 2 rings (SSSR count). The normalized spacial score (nSPS) is 15.4. The molecule has 1 aliphatic rings. The molecule has 3 amide bonds. The van der Waals surface area contributed by atoms with Crippen molar-refractivity contribution in [3.05, 3.63) is 11.1 Å². The Labute approximate surface area is 269 Å². The molecule has 0 spiro atoms. The molecule has 1 aromatic rings. The Hall–Kier alpha value is -3.28. The van der Waals surface area contributed by atoms with E-state index < -0.39 is 56.9 Å². The van der Waals surface area contributed by atoms with E-state index in [9.17, 15) is 24.0 Å². The highest BCUT2D eigenvalue weighted by molar-refractivity contribution is 7.13. The maximum absolute atomic E-state index is 13.4. The molecule has 0 radical (unpaired) electrons. The quantitative estimate of drug-likeness (QED) is 0.106. The summed E-state index contributed by atoms with van der Waals surface area (Å²) in [5.74, 6) is -2.76. The molecule has 2 unspecified atom stereocenters. The first-order valence-corrected chi connectivity index (χ1v) is 18.5. The molecule has 1 aliphatic heterocycles. The van der Waals surface area contributed by atoms with Crippen LogP contribution >= 0.6 is 11.3 Å². The lowest BCUT2D eigenvalue weighted by Gasteiger charge is -2.37. The Balaban J connectivity index is 2.09. The number of alkyl carbamates (subject to hydrolysis) is 1. The van der Waals surface area contributed by atoms with Crippen LogP contribution in [0.4, 0.5) is 9.93 Å². The van der Waals surface area contributed by atoms with Gasteiger partial charge in [0, 0.05) is 38.5 Å². The van der Waals surface area contributed by atoms with Crippen LogP contribution in [0, 0.1) is 0 Å². The van der Waals surface area contributed by atoms with Gasteiger partial charge in [0.2, 0.25) is 5.91 Å². The van der Waals surface area contributed by atoms with Gasteiger partial charge in [0.25, 0.3) is 5.91 Å². The smallest absolute Gasteiger partial charge is 0.407 e. The van der Waals surface area contributed by atoms with Crippen molar-refractivity contribution < 1.29 is 47.3 Å². The molecule has 1 aromatic heterocycles.